The summed E-state index contributed by atoms with van der Waals surface area (Å²) in [6.45, 7) is 4.14. The van der Waals surface area contributed by atoms with Crippen molar-refractivity contribution in [2.45, 2.75) is 25.5 Å². The molecule has 0 bridgehead atoms. The summed E-state index contributed by atoms with van der Waals surface area (Å²) in [6.07, 6.45) is 1.01. The van der Waals surface area contributed by atoms with Gasteiger partial charge < -0.3 is 4.74 Å². The number of ketones is 1. The molecule has 1 unspecified atom stereocenters. The van der Waals surface area contributed by atoms with E-state index in [1.165, 1.54) is 25.3 Å². The van der Waals surface area contributed by atoms with Crippen molar-refractivity contribution in [2.75, 3.05) is 12.9 Å². The molecule has 2 nitrogen and oxygen atoms in total. The fourth-order valence-corrected chi connectivity index (χ4v) is 2.14. The van der Waals surface area contributed by atoms with Gasteiger partial charge in [-0.25, -0.2) is 4.39 Å². The average molecular weight is 256 g/mol. The Morgan fingerprint density at radius 2 is 2.24 bits per heavy atom. The number of carbonyl (C=O) groups is 1. The van der Waals surface area contributed by atoms with Crippen LogP contribution in [0, 0.1) is 5.82 Å². The van der Waals surface area contributed by atoms with Crippen LogP contribution in [0.2, 0.25) is 0 Å². The lowest BCUT2D eigenvalue weighted by Crippen LogP contribution is -2.08. The highest BCUT2D eigenvalue weighted by atomic mass is 32.2. The Morgan fingerprint density at radius 1 is 1.53 bits per heavy atom. The van der Waals surface area contributed by atoms with Crippen molar-refractivity contribution >= 4 is 17.5 Å². The number of hydrogen-bond donors (Lipinski definition) is 0. The summed E-state index contributed by atoms with van der Waals surface area (Å²) in [5, 5.41) is 0.429. The van der Waals surface area contributed by atoms with Crippen molar-refractivity contribution in [3.8, 4) is 5.75 Å². The zero-order chi connectivity index (χ0) is 12.8. The standard InChI is InChI=1S/C13H17FO2S/c1-4-9(2)17-8-12(15)11-7-10(14)5-6-13(11)16-3/h5-7,9H,4,8H2,1-3H3. The molecule has 0 aromatic heterocycles. The maximum Gasteiger partial charge on any atom is 0.176 e. The lowest BCUT2D eigenvalue weighted by atomic mass is 10.1. The number of hydrogen-bond acceptors (Lipinski definition) is 3. The summed E-state index contributed by atoms with van der Waals surface area (Å²) in [5.41, 5.74) is 0.323. The molecular weight excluding hydrogens is 239 g/mol. The number of ether oxygens (including phenoxy) is 1. The van der Waals surface area contributed by atoms with Crippen molar-refractivity contribution < 1.29 is 13.9 Å². The van der Waals surface area contributed by atoms with Crippen LogP contribution in [0.5, 0.6) is 5.75 Å². The summed E-state index contributed by atoms with van der Waals surface area (Å²) in [5.74, 6) is 0.282. The maximum absolute atomic E-state index is 13.1. The fourth-order valence-electron chi connectivity index (χ4n) is 1.31. The van der Waals surface area contributed by atoms with Crippen LogP contribution in [0.15, 0.2) is 18.2 Å². The molecule has 0 radical (unpaired) electrons. The first-order valence-corrected chi connectivity index (χ1v) is 6.61. The zero-order valence-corrected chi connectivity index (χ0v) is 11.1. The molecule has 0 aliphatic heterocycles. The van der Waals surface area contributed by atoms with Gasteiger partial charge in [0.05, 0.1) is 18.4 Å². The van der Waals surface area contributed by atoms with Crippen LogP contribution in [0.3, 0.4) is 0 Å². The minimum atomic E-state index is -0.414. The van der Waals surface area contributed by atoms with E-state index in [0.717, 1.165) is 6.42 Å². The summed E-state index contributed by atoms with van der Waals surface area (Å²) >= 11 is 1.58. The third-order valence-electron chi connectivity index (χ3n) is 2.54. The van der Waals surface area contributed by atoms with Gasteiger partial charge in [-0.3, -0.25) is 4.79 Å². The van der Waals surface area contributed by atoms with Crippen LogP contribution in [0.4, 0.5) is 4.39 Å². The minimum absolute atomic E-state index is 0.0911. The molecule has 1 aromatic rings. The molecule has 0 N–H and O–H groups in total. The Kier molecular flexibility index (Phi) is 5.48. The molecule has 1 aromatic carbocycles. The highest BCUT2D eigenvalue weighted by molar-refractivity contribution is 8.00. The van der Waals surface area contributed by atoms with Gasteiger partial charge in [0, 0.05) is 5.25 Å². The summed E-state index contributed by atoms with van der Waals surface area (Å²) in [6, 6.07) is 4.01. The number of rotatable bonds is 6. The Hall–Kier alpha value is -1.03. The Morgan fingerprint density at radius 3 is 2.82 bits per heavy atom. The molecule has 0 saturated carbocycles. The van der Waals surface area contributed by atoms with Crippen molar-refractivity contribution in [1.82, 2.24) is 0 Å². The third kappa shape index (κ3) is 4.04. The third-order valence-corrected chi connectivity index (χ3v) is 3.87. The predicted octanol–water partition coefficient (Wildman–Crippen LogP) is 3.55. The van der Waals surface area contributed by atoms with E-state index in [1.54, 1.807) is 11.8 Å². The van der Waals surface area contributed by atoms with Gasteiger partial charge in [-0.1, -0.05) is 13.8 Å². The van der Waals surface area contributed by atoms with E-state index < -0.39 is 5.82 Å². The van der Waals surface area contributed by atoms with E-state index in [-0.39, 0.29) is 5.78 Å². The molecule has 0 aliphatic rings. The highest BCUT2D eigenvalue weighted by Gasteiger charge is 2.14. The molecule has 4 heteroatoms. The molecule has 0 spiro atoms. The number of halogens is 1. The van der Waals surface area contributed by atoms with Crippen molar-refractivity contribution in [3.63, 3.8) is 0 Å². The number of benzene rings is 1. The molecule has 0 aliphatic carbocycles. The SMILES string of the molecule is CCC(C)SCC(=O)c1cc(F)ccc1OC. The molecule has 0 fully saturated rings. The quantitative estimate of drug-likeness (QED) is 0.728. The largest absolute Gasteiger partial charge is 0.496 e. The van der Waals surface area contributed by atoms with Gasteiger partial charge in [0.1, 0.15) is 11.6 Å². The van der Waals surface area contributed by atoms with Gasteiger partial charge in [-0.15, -0.1) is 0 Å². The Balaban J connectivity index is 2.77. The van der Waals surface area contributed by atoms with E-state index in [0.29, 0.717) is 22.3 Å². The topological polar surface area (TPSA) is 26.3 Å². The summed E-state index contributed by atoms with van der Waals surface area (Å²) in [7, 11) is 1.48. The lowest BCUT2D eigenvalue weighted by molar-refractivity contribution is 0.101. The predicted molar refractivity (Wildman–Crippen MR) is 69.5 cm³/mol. The summed E-state index contributed by atoms with van der Waals surface area (Å²) < 4.78 is 18.2. The molecule has 1 rings (SSSR count). The van der Waals surface area contributed by atoms with Crippen LogP contribution < -0.4 is 4.74 Å². The van der Waals surface area contributed by atoms with Crippen molar-refractivity contribution in [2.24, 2.45) is 0 Å². The number of thioether (sulfide) groups is 1. The number of carbonyl (C=O) groups excluding carboxylic acids is 1. The van der Waals surface area contributed by atoms with E-state index in [9.17, 15) is 9.18 Å². The van der Waals surface area contributed by atoms with E-state index in [4.69, 9.17) is 4.74 Å². The van der Waals surface area contributed by atoms with Crippen LogP contribution in [0.1, 0.15) is 30.6 Å². The second-order valence-electron chi connectivity index (χ2n) is 3.80. The molecule has 17 heavy (non-hydrogen) atoms. The molecule has 0 heterocycles. The van der Waals surface area contributed by atoms with Crippen molar-refractivity contribution in [3.05, 3.63) is 29.6 Å². The smallest absolute Gasteiger partial charge is 0.176 e. The monoisotopic (exact) mass is 256 g/mol. The number of methoxy groups -OCH3 is 1. The van der Waals surface area contributed by atoms with Gasteiger partial charge >= 0.3 is 0 Å². The van der Waals surface area contributed by atoms with Crippen LogP contribution >= 0.6 is 11.8 Å². The van der Waals surface area contributed by atoms with Gasteiger partial charge in [-0.05, 0) is 24.6 Å². The average Bonchev–Trinajstić information content (AvgIpc) is 2.35. The first-order valence-electron chi connectivity index (χ1n) is 5.56. The van der Waals surface area contributed by atoms with Gasteiger partial charge in [0.2, 0.25) is 0 Å². The van der Waals surface area contributed by atoms with E-state index in [1.807, 2.05) is 0 Å². The second-order valence-corrected chi connectivity index (χ2v) is 5.22. The lowest BCUT2D eigenvalue weighted by Gasteiger charge is -2.10. The molecule has 1 atom stereocenters. The van der Waals surface area contributed by atoms with Crippen LogP contribution in [0.25, 0.3) is 0 Å². The molecule has 94 valence electrons. The Labute approximate surface area is 106 Å². The van der Waals surface area contributed by atoms with Gasteiger partial charge in [0.25, 0.3) is 0 Å². The number of Topliss-reactive ketones (excluding diaryl/α,β-unsaturated/α-hetero) is 1. The highest BCUT2D eigenvalue weighted by Crippen LogP contribution is 2.23. The first kappa shape index (κ1) is 14.0. The van der Waals surface area contributed by atoms with Crippen LogP contribution in [-0.4, -0.2) is 23.9 Å². The van der Waals surface area contributed by atoms with Crippen LogP contribution in [-0.2, 0) is 0 Å². The normalized spacial score (nSPS) is 12.2. The van der Waals surface area contributed by atoms with E-state index >= 15 is 0 Å². The summed E-state index contributed by atoms with van der Waals surface area (Å²) in [4.78, 5) is 11.9. The maximum atomic E-state index is 13.1. The Bertz CT molecular complexity index is 393. The first-order chi connectivity index (χ1) is 8.08. The minimum Gasteiger partial charge on any atom is -0.496 e. The molecule has 0 saturated heterocycles. The van der Waals surface area contributed by atoms with Crippen molar-refractivity contribution in [1.29, 1.82) is 0 Å². The zero-order valence-electron chi connectivity index (χ0n) is 10.3. The fraction of sp³-hybridized carbons (Fsp3) is 0.462. The van der Waals surface area contributed by atoms with Gasteiger partial charge in [0.15, 0.2) is 5.78 Å². The molecular formula is C13H17FO2S. The second kappa shape index (κ2) is 6.64. The van der Waals surface area contributed by atoms with E-state index in [2.05, 4.69) is 13.8 Å². The van der Waals surface area contributed by atoms with Gasteiger partial charge in [-0.2, -0.15) is 11.8 Å². The molecule has 0 amide bonds.